The van der Waals surface area contributed by atoms with E-state index in [0.29, 0.717) is 20.6 Å². The number of hydrogen-bond donors (Lipinski definition) is 3. The van der Waals surface area contributed by atoms with E-state index >= 15 is 0 Å². The Morgan fingerprint density at radius 1 is 1.38 bits per heavy atom. The number of rotatable bonds is 5. The van der Waals surface area contributed by atoms with Gasteiger partial charge in [0, 0.05) is 5.56 Å². The predicted octanol–water partition coefficient (Wildman–Crippen LogP) is 0.657. The highest BCUT2D eigenvalue weighted by molar-refractivity contribution is 14.1. The number of benzene rings is 1. The van der Waals surface area contributed by atoms with Gasteiger partial charge >= 0.3 is 0 Å². The fourth-order valence-electron chi connectivity index (χ4n) is 1.96. The van der Waals surface area contributed by atoms with Crippen LogP contribution in [-0.2, 0) is 4.79 Å². The smallest absolute Gasteiger partial charge is 0.255 e. The van der Waals surface area contributed by atoms with Gasteiger partial charge in [0.15, 0.2) is 18.1 Å². The molecule has 2 rings (SSSR count). The predicted molar refractivity (Wildman–Crippen MR) is 95.0 cm³/mol. The van der Waals surface area contributed by atoms with E-state index in [1.54, 1.807) is 12.1 Å². The quantitative estimate of drug-likeness (QED) is 0.571. The zero-order valence-electron chi connectivity index (χ0n) is 12.5. The Labute approximate surface area is 150 Å². The molecule has 0 aliphatic rings. The van der Waals surface area contributed by atoms with Crippen molar-refractivity contribution >= 4 is 40.3 Å². The van der Waals surface area contributed by atoms with Crippen LogP contribution in [0.15, 0.2) is 12.1 Å². The minimum atomic E-state index is -0.611. The minimum absolute atomic E-state index is 0.0111. The van der Waals surface area contributed by atoms with E-state index < -0.39 is 5.91 Å². The molecule has 0 radical (unpaired) electrons. The van der Waals surface area contributed by atoms with E-state index in [-0.39, 0.29) is 29.6 Å². The number of anilines is 2. The van der Waals surface area contributed by atoms with Crippen molar-refractivity contribution in [3.8, 4) is 28.8 Å². The number of carbonyl (C=O) groups is 1. The summed E-state index contributed by atoms with van der Waals surface area (Å²) in [5, 5.41) is 9.29. The molecule has 0 saturated heterocycles. The highest BCUT2D eigenvalue weighted by Gasteiger charge is 2.18. The molecule has 1 aromatic heterocycles. The van der Waals surface area contributed by atoms with E-state index in [0.717, 1.165) is 0 Å². The van der Waals surface area contributed by atoms with Gasteiger partial charge in [-0.2, -0.15) is 10.2 Å². The average molecular weight is 440 g/mol. The molecule has 0 fully saturated rings. The third-order valence-electron chi connectivity index (χ3n) is 2.93. The van der Waals surface area contributed by atoms with Gasteiger partial charge < -0.3 is 26.7 Å². The molecule has 24 heavy (non-hydrogen) atoms. The first-order valence-electron chi connectivity index (χ1n) is 6.49. The van der Waals surface area contributed by atoms with Gasteiger partial charge in [-0.3, -0.25) is 4.79 Å². The molecule has 6 N–H and O–H groups in total. The zero-order valence-corrected chi connectivity index (χ0v) is 14.7. The van der Waals surface area contributed by atoms with Crippen molar-refractivity contribution in [3.05, 3.63) is 21.3 Å². The van der Waals surface area contributed by atoms with Crippen LogP contribution in [0.3, 0.4) is 0 Å². The number of primary amides is 1. The van der Waals surface area contributed by atoms with Gasteiger partial charge in [-0.25, -0.2) is 4.98 Å². The number of hydrogen-bond acceptors (Lipinski definition) is 8. The van der Waals surface area contributed by atoms with Crippen LogP contribution in [0.5, 0.6) is 11.5 Å². The summed E-state index contributed by atoms with van der Waals surface area (Å²) in [6.45, 7) is -0.289. The molecule has 2 aromatic rings. The lowest BCUT2D eigenvalue weighted by molar-refractivity contribution is -0.119. The second-order valence-electron chi connectivity index (χ2n) is 4.55. The van der Waals surface area contributed by atoms with Gasteiger partial charge in [0.2, 0.25) is 5.95 Å². The second-order valence-corrected chi connectivity index (χ2v) is 5.71. The number of ether oxygens (including phenoxy) is 2. The van der Waals surface area contributed by atoms with Crippen LogP contribution >= 0.6 is 22.6 Å². The maximum Gasteiger partial charge on any atom is 0.255 e. The number of methoxy groups -OCH3 is 1. The lowest BCUT2D eigenvalue weighted by Gasteiger charge is -2.14. The maximum absolute atomic E-state index is 10.9. The molecule has 1 amide bonds. The molecular formula is C14H13IN6O3. The van der Waals surface area contributed by atoms with Crippen molar-refractivity contribution in [1.29, 1.82) is 5.26 Å². The van der Waals surface area contributed by atoms with Gasteiger partial charge in [0.25, 0.3) is 5.91 Å². The summed E-state index contributed by atoms with van der Waals surface area (Å²) in [4.78, 5) is 18.8. The van der Waals surface area contributed by atoms with Crippen molar-refractivity contribution in [3.63, 3.8) is 0 Å². The second kappa shape index (κ2) is 7.18. The number of nitrogens with zero attached hydrogens (tertiary/aromatic N) is 3. The van der Waals surface area contributed by atoms with Crippen molar-refractivity contribution in [1.82, 2.24) is 9.97 Å². The first kappa shape index (κ1) is 17.5. The number of amides is 1. The Balaban J connectivity index is 2.60. The summed E-state index contributed by atoms with van der Waals surface area (Å²) in [7, 11) is 1.44. The number of halogens is 1. The average Bonchev–Trinajstić information content (AvgIpc) is 2.52. The van der Waals surface area contributed by atoms with Gasteiger partial charge in [0.05, 0.1) is 16.4 Å². The Bertz CT molecular complexity index is 849. The van der Waals surface area contributed by atoms with Gasteiger partial charge in [-0.15, -0.1) is 0 Å². The van der Waals surface area contributed by atoms with Crippen LogP contribution in [0, 0.1) is 14.9 Å². The minimum Gasteiger partial charge on any atom is -0.493 e. The van der Waals surface area contributed by atoms with E-state index in [1.807, 2.05) is 28.7 Å². The van der Waals surface area contributed by atoms with Crippen molar-refractivity contribution in [2.45, 2.75) is 0 Å². The molecule has 9 nitrogen and oxygen atoms in total. The molecule has 0 bridgehead atoms. The fourth-order valence-corrected chi connectivity index (χ4v) is 2.71. The molecule has 10 heteroatoms. The Hall–Kier alpha value is -2.81. The van der Waals surface area contributed by atoms with Crippen LogP contribution in [0.4, 0.5) is 11.8 Å². The molecule has 0 unspecified atom stereocenters. The first-order chi connectivity index (χ1) is 11.4. The van der Waals surface area contributed by atoms with Crippen LogP contribution in [0.25, 0.3) is 11.3 Å². The maximum atomic E-state index is 10.9. The molecule has 0 atom stereocenters. The van der Waals surface area contributed by atoms with Crippen LogP contribution < -0.4 is 26.7 Å². The van der Waals surface area contributed by atoms with E-state index in [1.165, 1.54) is 7.11 Å². The van der Waals surface area contributed by atoms with Crippen LogP contribution in [0.2, 0.25) is 0 Å². The lowest BCUT2D eigenvalue weighted by atomic mass is 10.1. The zero-order chi connectivity index (χ0) is 17.9. The highest BCUT2D eigenvalue weighted by Crippen LogP contribution is 2.38. The number of aromatic nitrogens is 2. The highest BCUT2D eigenvalue weighted by atomic mass is 127. The molecule has 0 saturated carbocycles. The molecule has 1 heterocycles. The summed E-state index contributed by atoms with van der Waals surface area (Å²) in [5.74, 6) is 0.0274. The van der Waals surface area contributed by atoms with E-state index in [4.69, 9.17) is 26.7 Å². The van der Waals surface area contributed by atoms with Crippen LogP contribution in [-0.4, -0.2) is 29.6 Å². The molecule has 0 spiro atoms. The summed E-state index contributed by atoms with van der Waals surface area (Å²) in [6, 6.07) is 5.25. The fraction of sp³-hybridized carbons (Fsp3) is 0.143. The number of nitrogens with two attached hydrogens (primary N) is 3. The van der Waals surface area contributed by atoms with Gasteiger partial charge in [0.1, 0.15) is 17.5 Å². The number of nitrogen functional groups attached to an aromatic ring is 2. The van der Waals surface area contributed by atoms with Crippen molar-refractivity contribution in [2.75, 3.05) is 25.2 Å². The summed E-state index contributed by atoms with van der Waals surface area (Å²) in [6.07, 6.45) is 0. The normalized spacial score (nSPS) is 10.0. The molecule has 0 aliphatic heterocycles. The monoisotopic (exact) mass is 440 g/mol. The molecule has 0 aliphatic carbocycles. The standard InChI is InChI=1S/C14H13IN6O3/c1-23-9-3-6(2-8(15)12(9)24-5-10(17)22)11-7(4-16)13(18)21-14(19)20-11/h2-3H,5H2,1H3,(H2,17,22)(H4,18,19,20,21). The summed E-state index contributed by atoms with van der Waals surface area (Å²) < 4.78 is 11.3. The van der Waals surface area contributed by atoms with E-state index in [2.05, 4.69) is 9.97 Å². The number of carbonyl (C=O) groups excluding carboxylic acids is 1. The summed E-state index contributed by atoms with van der Waals surface area (Å²) >= 11 is 2.00. The van der Waals surface area contributed by atoms with Crippen LogP contribution in [0.1, 0.15) is 5.56 Å². The SMILES string of the molecule is COc1cc(-c2nc(N)nc(N)c2C#N)cc(I)c1OCC(N)=O. The largest absolute Gasteiger partial charge is 0.493 e. The van der Waals surface area contributed by atoms with Crippen molar-refractivity contribution < 1.29 is 14.3 Å². The van der Waals surface area contributed by atoms with Crippen molar-refractivity contribution in [2.24, 2.45) is 5.73 Å². The topological polar surface area (TPSA) is 163 Å². The first-order valence-corrected chi connectivity index (χ1v) is 7.57. The Morgan fingerprint density at radius 2 is 2.08 bits per heavy atom. The van der Waals surface area contributed by atoms with Gasteiger partial charge in [-0.1, -0.05) is 0 Å². The summed E-state index contributed by atoms with van der Waals surface area (Å²) in [5.41, 5.74) is 17.4. The molecule has 1 aromatic carbocycles. The third-order valence-corrected chi connectivity index (χ3v) is 3.73. The van der Waals surface area contributed by atoms with E-state index in [9.17, 15) is 10.1 Å². The Kier molecular flexibility index (Phi) is 5.24. The lowest BCUT2D eigenvalue weighted by Crippen LogP contribution is -2.20. The third kappa shape index (κ3) is 3.57. The molecular weight excluding hydrogens is 427 g/mol. The number of nitriles is 1. The molecule has 124 valence electrons. The Morgan fingerprint density at radius 3 is 2.67 bits per heavy atom. The van der Waals surface area contributed by atoms with Gasteiger partial charge in [-0.05, 0) is 34.7 Å².